The molecule has 4 heteroatoms. The van der Waals surface area contributed by atoms with Crippen molar-refractivity contribution in [2.24, 2.45) is 0 Å². The van der Waals surface area contributed by atoms with Gasteiger partial charge in [0, 0.05) is 17.1 Å². The number of benzene rings is 3. The van der Waals surface area contributed by atoms with E-state index >= 15 is 0 Å². The summed E-state index contributed by atoms with van der Waals surface area (Å²) in [7, 11) is 0. The van der Waals surface area contributed by atoms with Crippen LogP contribution in [0.1, 0.15) is 11.1 Å². The van der Waals surface area contributed by atoms with E-state index in [-0.39, 0.29) is 0 Å². The summed E-state index contributed by atoms with van der Waals surface area (Å²) in [6, 6.07) is 22.2. The van der Waals surface area contributed by atoms with Gasteiger partial charge in [0.05, 0.1) is 16.1 Å². The molecule has 0 N–H and O–H groups in total. The van der Waals surface area contributed by atoms with Gasteiger partial charge in [0.1, 0.15) is 5.82 Å². The molecular weight excluding hydrogens is 351 g/mol. The highest BCUT2D eigenvalue weighted by Gasteiger charge is 2.15. The summed E-state index contributed by atoms with van der Waals surface area (Å²) in [6.45, 7) is 2.84. The zero-order valence-electron chi connectivity index (χ0n) is 13.7. The Morgan fingerprint density at radius 3 is 2.56 bits per heavy atom. The highest BCUT2D eigenvalue weighted by Crippen LogP contribution is 2.32. The van der Waals surface area contributed by atoms with Crippen molar-refractivity contribution < 1.29 is 0 Å². The predicted molar refractivity (Wildman–Crippen MR) is 105 cm³/mol. The summed E-state index contributed by atoms with van der Waals surface area (Å²) in [5.74, 6) is 0.851. The molecule has 25 heavy (non-hydrogen) atoms. The molecule has 0 aliphatic rings. The van der Waals surface area contributed by atoms with Crippen molar-refractivity contribution in [2.75, 3.05) is 0 Å². The zero-order chi connectivity index (χ0) is 17.4. The van der Waals surface area contributed by atoms with Crippen LogP contribution in [0, 0.1) is 6.92 Å². The van der Waals surface area contributed by atoms with E-state index < -0.39 is 0 Å². The van der Waals surface area contributed by atoms with Crippen LogP contribution in [0.15, 0.2) is 66.7 Å². The van der Waals surface area contributed by atoms with Gasteiger partial charge < -0.3 is 4.57 Å². The molecule has 124 valence electrons. The highest BCUT2D eigenvalue weighted by molar-refractivity contribution is 6.36. The van der Waals surface area contributed by atoms with Gasteiger partial charge in [-0.1, -0.05) is 65.2 Å². The fourth-order valence-electron chi connectivity index (χ4n) is 3.11. The number of para-hydroxylation sites is 2. The molecule has 0 saturated heterocycles. The molecule has 4 aromatic rings. The maximum Gasteiger partial charge on any atom is 0.142 e. The van der Waals surface area contributed by atoms with Crippen molar-refractivity contribution in [3.05, 3.63) is 87.9 Å². The average molecular weight is 367 g/mol. The predicted octanol–water partition coefficient (Wildman–Crippen LogP) is 6.37. The zero-order valence-corrected chi connectivity index (χ0v) is 15.2. The molecule has 0 spiro atoms. The molecular formula is C21H16Cl2N2. The highest BCUT2D eigenvalue weighted by atomic mass is 35.5. The lowest BCUT2D eigenvalue weighted by atomic mass is 10.1. The first-order chi connectivity index (χ1) is 12.1. The SMILES string of the molecule is Cc1cccc(Cn2c(-c3ccc(Cl)cc3Cl)nc3ccccc32)c1. The number of hydrogen-bond acceptors (Lipinski definition) is 1. The Morgan fingerprint density at radius 2 is 1.76 bits per heavy atom. The fourth-order valence-corrected chi connectivity index (χ4v) is 3.60. The number of aryl methyl sites for hydroxylation is 1. The van der Waals surface area contributed by atoms with Crippen molar-refractivity contribution >= 4 is 34.2 Å². The molecule has 0 aliphatic carbocycles. The summed E-state index contributed by atoms with van der Waals surface area (Å²) in [5, 5.41) is 1.23. The Kier molecular flexibility index (Phi) is 4.24. The molecule has 2 nitrogen and oxygen atoms in total. The average Bonchev–Trinajstić information content (AvgIpc) is 2.93. The van der Waals surface area contributed by atoms with Crippen LogP contribution in [0.3, 0.4) is 0 Å². The van der Waals surface area contributed by atoms with Gasteiger partial charge in [-0.25, -0.2) is 4.98 Å². The summed E-state index contributed by atoms with van der Waals surface area (Å²) in [6.07, 6.45) is 0. The molecule has 0 amide bonds. The lowest BCUT2D eigenvalue weighted by Gasteiger charge is -2.11. The lowest BCUT2D eigenvalue weighted by Crippen LogP contribution is -2.02. The van der Waals surface area contributed by atoms with Gasteiger partial charge in [0.2, 0.25) is 0 Å². The Labute approximate surface area is 156 Å². The van der Waals surface area contributed by atoms with Gasteiger partial charge >= 0.3 is 0 Å². The van der Waals surface area contributed by atoms with Gasteiger partial charge in [-0.15, -0.1) is 0 Å². The lowest BCUT2D eigenvalue weighted by molar-refractivity contribution is 0.833. The molecule has 0 bridgehead atoms. The maximum absolute atomic E-state index is 6.45. The molecule has 0 aliphatic heterocycles. The first-order valence-corrected chi connectivity index (χ1v) is 8.83. The van der Waals surface area contributed by atoms with Crippen LogP contribution >= 0.6 is 23.2 Å². The molecule has 0 unspecified atom stereocenters. The summed E-state index contributed by atoms with van der Waals surface area (Å²) < 4.78 is 2.21. The third-order valence-corrected chi connectivity index (χ3v) is 4.80. The van der Waals surface area contributed by atoms with E-state index in [2.05, 4.69) is 41.8 Å². The number of halogens is 2. The van der Waals surface area contributed by atoms with E-state index in [1.54, 1.807) is 6.07 Å². The van der Waals surface area contributed by atoms with Crippen LogP contribution in [-0.2, 0) is 6.54 Å². The Bertz CT molecular complexity index is 1070. The van der Waals surface area contributed by atoms with E-state index in [1.165, 1.54) is 11.1 Å². The topological polar surface area (TPSA) is 17.8 Å². The smallest absolute Gasteiger partial charge is 0.142 e. The van der Waals surface area contributed by atoms with Gasteiger partial charge in [-0.3, -0.25) is 0 Å². The van der Waals surface area contributed by atoms with Crippen molar-refractivity contribution in [3.63, 3.8) is 0 Å². The molecule has 4 rings (SSSR count). The first kappa shape index (κ1) is 16.2. The van der Waals surface area contributed by atoms with Crippen molar-refractivity contribution in [1.29, 1.82) is 0 Å². The minimum absolute atomic E-state index is 0.605. The van der Waals surface area contributed by atoms with Gasteiger partial charge in [0.25, 0.3) is 0 Å². The second kappa shape index (κ2) is 6.55. The van der Waals surface area contributed by atoms with Crippen molar-refractivity contribution in [3.8, 4) is 11.4 Å². The molecule has 3 aromatic carbocycles. The largest absolute Gasteiger partial charge is 0.319 e. The number of imidazole rings is 1. The fraction of sp³-hybridized carbons (Fsp3) is 0.0952. The third-order valence-electron chi connectivity index (χ3n) is 4.25. The first-order valence-electron chi connectivity index (χ1n) is 8.08. The van der Waals surface area contributed by atoms with E-state index in [0.29, 0.717) is 10.0 Å². The summed E-state index contributed by atoms with van der Waals surface area (Å²) in [5.41, 5.74) is 5.40. The van der Waals surface area contributed by atoms with Crippen LogP contribution in [0.2, 0.25) is 10.0 Å². The van der Waals surface area contributed by atoms with E-state index in [9.17, 15) is 0 Å². The van der Waals surface area contributed by atoms with Crippen LogP contribution in [0.4, 0.5) is 0 Å². The van der Waals surface area contributed by atoms with Crippen LogP contribution in [0.25, 0.3) is 22.4 Å². The van der Waals surface area contributed by atoms with Crippen molar-refractivity contribution in [1.82, 2.24) is 9.55 Å². The minimum atomic E-state index is 0.605. The minimum Gasteiger partial charge on any atom is -0.319 e. The number of nitrogens with zero attached hydrogens (tertiary/aromatic N) is 2. The van der Waals surface area contributed by atoms with Crippen LogP contribution < -0.4 is 0 Å². The molecule has 1 aromatic heterocycles. The second-order valence-corrected chi connectivity index (χ2v) is 6.97. The third kappa shape index (κ3) is 3.15. The van der Waals surface area contributed by atoms with Gasteiger partial charge in [-0.05, 0) is 42.8 Å². The summed E-state index contributed by atoms with van der Waals surface area (Å²) >= 11 is 12.5. The second-order valence-electron chi connectivity index (χ2n) is 6.12. The molecule has 0 atom stereocenters. The van der Waals surface area contributed by atoms with Crippen LogP contribution in [0.5, 0.6) is 0 Å². The van der Waals surface area contributed by atoms with E-state index in [0.717, 1.165) is 29.0 Å². The number of fused-ring (bicyclic) bond motifs is 1. The van der Waals surface area contributed by atoms with Gasteiger partial charge in [0.15, 0.2) is 0 Å². The van der Waals surface area contributed by atoms with E-state index in [4.69, 9.17) is 28.2 Å². The molecule has 0 radical (unpaired) electrons. The normalized spacial score (nSPS) is 11.2. The monoisotopic (exact) mass is 366 g/mol. The van der Waals surface area contributed by atoms with Crippen LogP contribution in [-0.4, -0.2) is 9.55 Å². The Hall–Kier alpha value is -2.29. The number of rotatable bonds is 3. The summed E-state index contributed by atoms with van der Waals surface area (Å²) in [4.78, 5) is 4.83. The molecule has 0 fully saturated rings. The van der Waals surface area contributed by atoms with E-state index in [1.807, 2.05) is 30.3 Å². The standard InChI is InChI=1S/C21H16Cl2N2/c1-14-5-4-6-15(11-14)13-25-20-8-3-2-7-19(20)24-21(25)17-10-9-16(22)12-18(17)23/h2-12H,13H2,1H3. The number of aromatic nitrogens is 2. The Morgan fingerprint density at radius 1 is 0.920 bits per heavy atom. The van der Waals surface area contributed by atoms with Gasteiger partial charge in [-0.2, -0.15) is 0 Å². The quantitative estimate of drug-likeness (QED) is 0.412. The van der Waals surface area contributed by atoms with Crippen molar-refractivity contribution in [2.45, 2.75) is 13.5 Å². The maximum atomic E-state index is 6.45. The number of hydrogen-bond donors (Lipinski definition) is 0. The molecule has 0 saturated carbocycles. The Balaban J connectivity index is 1.92. The molecule has 1 heterocycles.